The summed E-state index contributed by atoms with van der Waals surface area (Å²) >= 11 is 1.36. The van der Waals surface area contributed by atoms with E-state index in [0.29, 0.717) is 18.8 Å². The van der Waals surface area contributed by atoms with Crippen LogP contribution in [0, 0.1) is 28.8 Å². The molecule has 0 bridgehead atoms. The fourth-order valence-electron chi connectivity index (χ4n) is 3.97. The maximum atomic E-state index is 14.7. The van der Waals surface area contributed by atoms with Crippen LogP contribution in [0.2, 0.25) is 0 Å². The van der Waals surface area contributed by atoms with Gasteiger partial charge in [0, 0.05) is 22.4 Å². The predicted octanol–water partition coefficient (Wildman–Crippen LogP) is 4.59. The van der Waals surface area contributed by atoms with Gasteiger partial charge in [0.15, 0.2) is 6.29 Å². The normalized spacial score (nSPS) is 20.4. The molecule has 2 atom stereocenters. The minimum absolute atomic E-state index is 0.0432. The van der Waals surface area contributed by atoms with E-state index in [1.54, 1.807) is 31.2 Å². The largest absolute Gasteiger partial charge is 0.382 e. The van der Waals surface area contributed by atoms with Gasteiger partial charge in [0.1, 0.15) is 35.7 Å². The quantitative estimate of drug-likeness (QED) is 0.396. The maximum Gasteiger partial charge on any atom is 0.177 e. The van der Waals surface area contributed by atoms with Crippen molar-refractivity contribution in [2.24, 2.45) is 0 Å². The Balaban J connectivity index is 1.36. The lowest BCUT2D eigenvalue weighted by atomic mass is 9.90. The number of thioether (sulfide) groups is 1. The number of hydrogen-bond donors (Lipinski definition) is 1. The number of aliphatic hydroxyl groups is 1. The first-order chi connectivity index (χ1) is 18.3. The van der Waals surface area contributed by atoms with Gasteiger partial charge in [-0.15, -0.1) is 11.8 Å². The SMILES string of the molecule is C[C@H](SC1COC(/C=C/C=C/c2ccc(C#N)cc2F)OC1)[C@](O)(Cn1cncn1)c1ccc(F)cc1F. The fourth-order valence-corrected chi connectivity index (χ4v) is 5.29. The van der Waals surface area contributed by atoms with Gasteiger partial charge in [-0.2, -0.15) is 10.4 Å². The zero-order valence-electron chi connectivity index (χ0n) is 20.4. The minimum Gasteiger partial charge on any atom is -0.382 e. The monoisotopic (exact) mass is 542 g/mol. The summed E-state index contributed by atoms with van der Waals surface area (Å²) in [5.41, 5.74) is -1.17. The van der Waals surface area contributed by atoms with Gasteiger partial charge in [-0.05, 0) is 24.3 Å². The summed E-state index contributed by atoms with van der Waals surface area (Å²) in [7, 11) is 0. The Morgan fingerprint density at radius 3 is 2.63 bits per heavy atom. The van der Waals surface area contributed by atoms with Crippen molar-refractivity contribution in [1.82, 2.24) is 14.8 Å². The van der Waals surface area contributed by atoms with Crippen LogP contribution in [0.25, 0.3) is 6.08 Å². The number of nitriles is 1. The number of ether oxygens (including phenoxy) is 2. The van der Waals surface area contributed by atoms with E-state index < -0.39 is 34.6 Å². The first-order valence-electron chi connectivity index (χ1n) is 11.7. The third-order valence-electron chi connectivity index (χ3n) is 6.01. The standard InChI is InChI=1S/C27H25F3N4O3S/c1-18(27(35,15-34-17-32-16-33-34)23-9-8-21(28)11-25(23)30)38-22-13-36-26(37-14-22)5-3-2-4-20-7-6-19(12-31)10-24(20)29/h2-11,16-18,22,26,35H,13-15H2,1H3/b4-2+,5-3+/t18-,22?,26?,27+/m0/s1. The van der Waals surface area contributed by atoms with Crippen molar-refractivity contribution in [1.29, 1.82) is 5.26 Å². The highest BCUT2D eigenvalue weighted by atomic mass is 32.2. The summed E-state index contributed by atoms with van der Waals surface area (Å²) in [6, 6.07) is 9.21. The van der Waals surface area contributed by atoms with Crippen molar-refractivity contribution < 1.29 is 27.8 Å². The Bertz CT molecular complexity index is 1340. The molecule has 1 aliphatic rings. The van der Waals surface area contributed by atoms with Crippen LogP contribution in [-0.2, 0) is 21.6 Å². The fraction of sp³-hybridized carbons (Fsp3) is 0.296. The van der Waals surface area contributed by atoms with Crippen LogP contribution in [0.3, 0.4) is 0 Å². The summed E-state index contributed by atoms with van der Waals surface area (Å²) in [6.45, 7) is 2.28. The zero-order valence-corrected chi connectivity index (χ0v) is 21.2. The van der Waals surface area contributed by atoms with Gasteiger partial charge in [-0.3, -0.25) is 0 Å². The molecule has 1 aromatic heterocycles. The van der Waals surface area contributed by atoms with E-state index >= 15 is 0 Å². The summed E-state index contributed by atoms with van der Waals surface area (Å²) in [5, 5.41) is 23.8. The van der Waals surface area contributed by atoms with Gasteiger partial charge in [0.25, 0.3) is 0 Å². The van der Waals surface area contributed by atoms with E-state index in [0.717, 1.165) is 12.1 Å². The summed E-state index contributed by atoms with van der Waals surface area (Å²) in [4.78, 5) is 3.88. The van der Waals surface area contributed by atoms with Crippen LogP contribution in [0.1, 0.15) is 23.6 Å². The highest BCUT2D eigenvalue weighted by molar-refractivity contribution is 8.00. The van der Waals surface area contributed by atoms with Crippen molar-refractivity contribution in [3.63, 3.8) is 0 Å². The van der Waals surface area contributed by atoms with Crippen LogP contribution in [0.5, 0.6) is 0 Å². The lowest BCUT2D eigenvalue weighted by Crippen LogP contribution is -2.43. The van der Waals surface area contributed by atoms with Crippen molar-refractivity contribution in [3.8, 4) is 6.07 Å². The zero-order chi connectivity index (χ0) is 27.1. The Morgan fingerprint density at radius 2 is 1.97 bits per heavy atom. The molecule has 0 spiro atoms. The van der Waals surface area contributed by atoms with Crippen LogP contribution < -0.4 is 0 Å². The lowest BCUT2D eigenvalue weighted by molar-refractivity contribution is -0.146. The summed E-state index contributed by atoms with van der Waals surface area (Å²) in [5.74, 6) is -2.08. The van der Waals surface area contributed by atoms with Crippen molar-refractivity contribution in [3.05, 3.63) is 101 Å². The van der Waals surface area contributed by atoms with Gasteiger partial charge >= 0.3 is 0 Å². The number of rotatable bonds is 9. The van der Waals surface area contributed by atoms with Gasteiger partial charge < -0.3 is 14.6 Å². The molecule has 0 amide bonds. The van der Waals surface area contributed by atoms with Gasteiger partial charge in [-0.1, -0.05) is 37.3 Å². The van der Waals surface area contributed by atoms with Gasteiger partial charge in [0.05, 0.1) is 36.6 Å². The Labute approximate surface area is 222 Å². The Hall–Kier alpha value is -3.43. The first-order valence-corrected chi connectivity index (χ1v) is 12.7. The maximum absolute atomic E-state index is 14.7. The van der Waals surface area contributed by atoms with Crippen molar-refractivity contribution >= 4 is 17.8 Å². The van der Waals surface area contributed by atoms with E-state index in [-0.39, 0.29) is 22.9 Å². The molecule has 198 valence electrons. The third-order valence-corrected chi connectivity index (χ3v) is 7.47. The Kier molecular flexibility index (Phi) is 9.01. The molecule has 0 unspecified atom stereocenters. The van der Waals surface area contributed by atoms with E-state index in [1.165, 1.54) is 53.4 Å². The van der Waals surface area contributed by atoms with Gasteiger partial charge in [-0.25, -0.2) is 22.8 Å². The second-order valence-corrected chi connectivity index (χ2v) is 10.3. The predicted molar refractivity (Wildman–Crippen MR) is 136 cm³/mol. The smallest absolute Gasteiger partial charge is 0.177 e. The first kappa shape index (κ1) is 27.6. The van der Waals surface area contributed by atoms with Crippen molar-refractivity contribution in [2.45, 2.75) is 35.9 Å². The second kappa shape index (κ2) is 12.4. The highest BCUT2D eigenvalue weighted by Crippen LogP contribution is 2.38. The Morgan fingerprint density at radius 1 is 1.18 bits per heavy atom. The van der Waals surface area contributed by atoms with Crippen LogP contribution >= 0.6 is 11.8 Å². The average molecular weight is 543 g/mol. The molecule has 0 saturated carbocycles. The number of hydrogen-bond acceptors (Lipinski definition) is 7. The molecule has 1 fully saturated rings. The van der Waals surface area contributed by atoms with Crippen LogP contribution in [-0.4, -0.2) is 49.9 Å². The minimum atomic E-state index is -1.72. The van der Waals surface area contributed by atoms with E-state index in [9.17, 15) is 18.3 Å². The third kappa shape index (κ3) is 6.71. The number of benzene rings is 2. The lowest BCUT2D eigenvalue weighted by Gasteiger charge is -2.37. The van der Waals surface area contributed by atoms with E-state index in [2.05, 4.69) is 10.1 Å². The van der Waals surface area contributed by atoms with E-state index in [4.69, 9.17) is 14.7 Å². The molecule has 1 saturated heterocycles. The summed E-state index contributed by atoms with van der Waals surface area (Å²) < 4.78 is 55.1. The molecule has 3 aromatic rings. The number of aromatic nitrogens is 3. The average Bonchev–Trinajstić information content (AvgIpc) is 3.40. The molecule has 1 aliphatic heterocycles. The number of nitrogens with zero attached hydrogens (tertiary/aromatic N) is 4. The molecule has 38 heavy (non-hydrogen) atoms. The molecular weight excluding hydrogens is 517 g/mol. The molecule has 0 aliphatic carbocycles. The molecule has 2 heterocycles. The topological polar surface area (TPSA) is 93.2 Å². The highest BCUT2D eigenvalue weighted by Gasteiger charge is 2.41. The molecule has 7 nitrogen and oxygen atoms in total. The molecule has 1 N–H and O–H groups in total. The molecule has 0 radical (unpaired) electrons. The number of allylic oxidation sites excluding steroid dienone is 2. The van der Waals surface area contributed by atoms with Crippen LogP contribution in [0.15, 0.2) is 67.3 Å². The molecular formula is C27H25F3N4O3S. The number of halogens is 3. The second-order valence-electron chi connectivity index (χ2n) is 8.67. The van der Waals surface area contributed by atoms with Crippen LogP contribution in [0.4, 0.5) is 13.2 Å². The molecule has 4 rings (SSSR count). The summed E-state index contributed by atoms with van der Waals surface area (Å²) in [6.07, 6.45) is 8.68. The van der Waals surface area contributed by atoms with Gasteiger partial charge in [0.2, 0.25) is 0 Å². The van der Waals surface area contributed by atoms with Crippen molar-refractivity contribution in [2.75, 3.05) is 13.2 Å². The van der Waals surface area contributed by atoms with E-state index in [1.807, 2.05) is 6.07 Å². The molecule has 11 heteroatoms. The molecule has 2 aromatic carbocycles.